The number of rotatable bonds is 9. The van der Waals surface area contributed by atoms with Crippen molar-refractivity contribution in [2.24, 2.45) is 0 Å². The van der Waals surface area contributed by atoms with E-state index in [2.05, 4.69) is 11.4 Å². The number of hydrogen-bond acceptors (Lipinski definition) is 2. The van der Waals surface area contributed by atoms with Gasteiger partial charge in [0.2, 0.25) is 0 Å². The van der Waals surface area contributed by atoms with Crippen molar-refractivity contribution in [3.05, 3.63) is 28.8 Å². The lowest BCUT2D eigenvalue weighted by Crippen LogP contribution is -2.17. The highest BCUT2D eigenvalue weighted by atomic mass is 35.5. The summed E-state index contributed by atoms with van der Waals surface area (Å²) in [6.45, 7) is 1.19. The highest BCUT2D eigenvalue weighted by Crippen LogP contribution is 2.25. The second-order valence-electron chi connectivity index (χ2n) is 5.36. The molecule has 3 heteroatoms. The van der Waals surface area contributed by atoms with Gasteiger partial charge in [-0.15, -0.1) is 0 Å². The molecule has 1 aliphatic carbocycles. The lowest BCUT2D eigenvalue weighted by Gasteiger charge is -2.06. The molecule has 1 aliphatic rings. The highest BCUT2D eigenvalue weighted by Gasteiger charge is 2.19. The highest BCUT2D eigenvalue weighted by molar-refractivity contribution is 6.32. The molecule has 19 heavy (non-hydrogen) atoms. The molecular formula is C16H24ClNO. The van der Waals surface area contributed by atoms with Crippen molar-refractivity contribution in [3.63, 3.8) is 0 Å². The SMILES string of the molecule is COc1ccc(CCCCCCNC2CC2)cc1Cl. The van der Waals surface area contributed by atoms with Gasteiger partial charge in [0.05, 0.1) is 12.1 Å². The maximum absolute atomic E-state index is 6.11. The molecule has 106 valence electrons. The van der Waals surface area contributed by atoms with Crippen molar-refractivity contribution in [2.75, 3.05) is 13.7 Å². The van der Waals surface area contributed by atoms with Gasteiger partial charge in [0.15, 0.2) is 0 Å². The molecule has 1 aromatic carbocycles. The van der Waals surface area contributed by atoms with E-state index in [1.807, 2.05) is 12.1 Å². The summed E-state index contributed by atoms with van der Waals surface area (Å²) >= 11 is 6.11. The second kappa shape index (κ2) is 7.76. The van der Waals surface area contributed by atoms with Crippen molar-refractivity contribution < 1.29 is 4.74 Å². The molecule has 0 saturated heterocycles. The lowest BCUT2D eigenvalue weighted by molar-refractivity contribution is 0.415. The first-order valence-corrected chi connectivity index (χ1v) is 7.73. The van der Waals surface area contributed by atoms with Crippen LogP contribution >= 0.6 is 11.6 Å². The summed E-state index contributed by atoms with van der Waals surface area (Å²) in [6.07, 6.45) is 9.06. The summed E-state index contributed by atoms with van der Waals surface area (Å²) in [6, 6.07) is 6.94. The fourth-order valence-electron chi connectivity index (χ4n) is 2.27. The van der Waals surface area contributed by atoms with E-state index in [0.29, 0.717) is 5.02 Å². The quantitative estimate of drug-likeness (QED) is 0.685. The number of nitrogens with one attached hydrogen (secondary N) is 1. The maximum Gasteiger partial charge on any atom is 0.137 e. The van der Waals surface area contributed by atoms with Crippen LogP contribution in [0.3, 0.4) is 0 Å². The molecule has 2 rings (SSSR count). The Bertz CT molecular complexity index is 390. The molecule has 0 aliphatic heterocycles. The topological polar surface area (TPSA) is 21.3 Å². The predicted molar refractivity (Wildman–Crippen MR) is 81.2 cm³/mol. The van der Waals surface area contributed by atoms with E-state index < -0.39 is 0 Å². The first-order valence-electron chi connectivity index (χ1n) is 7.35. The molecule has 2 nitrogen and oxygen atoms in total. The molecule has 0 spiro atoms. The standard InChI is InChI=1S/C16H24ClNO/c1-19-16-10-7-13(12-15(16)17)6-4-2-3-5-11-18-14-8-9-14/h7,10,12,14,18H,2-6,8-9,11H2,1H3. The third-order valence-electron chi connectivity index (χ3n) is 3.62. The van der Waals surface area contributed by atoms with E-state index in [4.69, 9.17) is 16.3 Å². The molecule has 0 aromatic heterocycles. The van der Waals surface area contributed by atoms with Crippen molar-refractivity contribution in [1.82, 2.24) is 5.32 Å². The molecule has 1 saturated carbocycles. The maximum atomic E-state index is 6.11. The monoisotopic (exact) mass is 281 g/mol. The molecule has 1 aromatic rings. The summed E-state index contributed by atoms with van der Waals surface area (Å²) < 4.78 is 5.16. The molecule has 0 radical (unpaired) electrons. The summed E-state index contributed by atoms with van der Waals surface area (Å²) in [5.41, 5.74) is 1.31. The van der Waals surface area contributed by atoms with Gasteiger partial charge >= 0.3 is 0 Å². The lowest BCUT2D eigenvalue weighted by atomic mass is 10.1. The number of unbranched alkanes of at least 4 members (excludes halogenated alkanes) is 3. The zero-order valence-corrected chi connectivity index (χ0v) is 12.5. The predicted octanol–water partition coefficient (Wildman–Crippen LogP) is 4.20. The van der Waals surface area contributed by atoms with Gasteiger partial charge in [-0.25, -0.2) is 0 Å². The van der Waals surface area contributed by atoms with E-state index in [9.17, 15) is 0 Å². The minimum absolute atomic E-state index is 0.716. The zero-order valence-electron chi connectivity index (χ0n) is 11.8. The van der Waals surface area contributed by atoms with Gasteiger partial charge in [0.1, 0.15) is 5.75 Å². The number of halogens is 1. The van der Waals surface area contributed by atoms with Crippen LogP contribution in [0.1, 0.15) is 44.1 Å². The Kier molecular flexibility index (Phi) is 5.99. The van der Waals surface area contributed by atoms with Gasteiger partial charge < -0.3 is 10.1 Å². The molecule has 1 N–H and O–H groups in total. The molecular weight excluding hydrogens is 258 g/mol. The van der Waals surface area contributed by atoms with Crippen LogP contribution < -0.4 is 10.1 Å². The number of ether oxygens (including phenoxy) is 1. The van der Waals surface area contributed by atoms with Crippen LogP contribution in [0.5, 0.6) is 5.75 Å². The summed E-state index contributed by atoms with van der Waals surface area (Å²) in [5.74, 6) is 0.761. The van der Waals surface area contributed by atoms with Crippen LogP contribution in [0, 0.1) is 0 Å². The summed E-state index contributed by atoms with van der Waals surface area (Å²) in [7, 11) is 1.65. The van der Waals surface area contributed by atoms with Gasteiger partial charge in [0, 0.05) is 6.04 Å². The van der Waals surface area contributed by atoms with Gasteiger partial charge in [-0.3, -0.25) is 0 Å². The molecule has 0 unspecified atom stereocenters. The number of aryl methyl sites for hydroxylation is 1. The smallest absolute Gasteiger partial charge is 0.137 e. The average Bonchev–Trinajstić information content (AvgIpc) is 3.22. The second-order valence-corrected chi connectivity index (χ2v) is 5.77. The molecule has 0 bridgehead atoms. The van der Waals surface area contributed by atoms with Crippen LogP contribution in [0.4, 0.5) is 0 Å². The molecule has 0 amide bonds. The van der Waals surface area contributed by atoms with E-state index in [1.54, 1.807) is 7.11 Å². The Hall–Kier alpha value is -0.730. The van der Waals surface area contributed by atoms with Crippen LogP contribution in [0.2, 0.25) is 5.02 Å². The van der Waals surface area contributed by atoms with E-state index in [1.165, 1.54) is 50.6 Å². The van der Waals surface area contributed by atoms with Gasteiger partial charge in [-0.05, 0) is 56.3 Å². The molecule has 0 atom stereocenters. The molecule has 1 fully saturated rings. The Morgan fingerprint density at radius 1 is 1.21 bits per heavy atom. The largest absolute Gasteiger partial charge is 0.495 e. The van der Waals surface area contributed by atoms with Gasteiger partial charge in [-0.2, -0.15) is 0 Å². The zero-order chi connectivity index (χ0) is 13.5. The summed E-state index contributed by atoms with van der Waals surface area (Å²) in [4.78, 5) is 0. The number of hydrogen-bond donors (Lipinski definition) is 1. The van der Waals surface area contributed by atoms with Crippen molar-refractivity contribution in [3.8, 4) is 5.75 Å². The minimum Gasteiger partial charge on any atom is -0.495 e. The van der Waals surface area contributed by atoms with E-state index >= 15 is 0 Å². The third-order valence-corrected chi connectivity index (χ3v) is 3.91. The van der Waals surface area contributed by atoms with Crippen LogP contribution in [0.15, 0.2) is 18.2 Å². The van der Waals surface area contributed by atoms with Crippen molar-refractivity contribution in [1.29, 1.82) is 0 Å². The Balaban J connectivity index is 1.55. The van der Waals surface area contributed by atoms with E-state index in [-0.39, 0.29) is 0 Å². The van der Waals surface area contributed by atoms with Crippen LogP contribution in [0.25, 0.3) is 0 Å². The van der Waals surface area contributed by atoms with Gasteiger partial charge in [-0.1, -0.05) is 30.5 Å². The molecule has 0 heterocycles. The first-order chi connectivity index (χ1) is 9.29. The van der Waals surface area contributed by atoms with Crippen molar-refractivity contribution in [2.45, 2.75) is 51.0 Å². The van der Waals surface area contributed by atoms with Crippen LogP contribution in [-0.2, 0) is 6.42 Å². The Morgan fingerprint density at radius 3 is 2.68 bits per heavy atom. The fourth-order valence-corrected chi connectivity index (χ4v) is 2.55. The Morgan fingerprint density at radius 2 is 2.00 bits per heavy atom. The Labute approximate surface area is 121 Å². The van der Waals surface area contributed by atoms with E-state index in [0.717, 1.165) is 18.2 Å². The van der Waals surface area contributed by atoms with Crippen molar-refractivity contribution >= 4 is 11.6 Å². The number of methoxy groups -OCH3 is 1. The number of benzene rings is 1. The normalized spacial score (nSPS) is 14.6. The first kappa shape index (κ1) is 14.7. The van der Waals surface area contributed by atoms with Gasteiger partial charge in [0.25, 0.3) is 0 Å². The fraction of sp³-hybridized carbons (Fsp3) is 0.625. The average molecular weight is 282 g/mol. The summed E-state index contributed by atoms with van der Waals surface area (Å²) in [5, 5.41) is 4.27. The van der Waals surface area contributed by atoms with Crippen LogP contribution in [-0.4, -0.2) is 19.7 Å². The third kappa shape index (κ3) is 5.42. The minimum atomic E-state index is 0.716.